The van der Waals surface area contributed by atoms with Gasteiger partial charge in [-0.3, -0.25) is 4.79 Å². The van der Waals surface area contributed by atoms with Crippen molar-refractivity contribution >= 4 is 22.4 Å². The quantitative estimate of drug-likeness (QED) is 0.677. The maximum absolute atomic E-state index is 12.2. The second kappa shape index (κ2) is 6.97. The second-order valence-electron chi connectivity index (χ2n) is 5.48. The number of thiazole rings is 1. The lowest BCUT2D eigenvalue weighted by atomic mass is 9.96. The van der Waals surface area contributed by atoms with E-state index >= 15 is 0 Å². The van der Waals surface area contributed by atoms with Crippen LogP contribution in [0.1, 0.15) is 33.7 Å². The molecule has 0 spiro atoms. The average Bonchev–Trinajstić information content (AvgIpc) is 3.09. The summed E-state index contributed by atoms with van der Waals surface area (Å²) in [7, 11) is 0. The summed E-state index contributed by atoms with van der Waals surface area (Å²) in [6.07, 6.45) is 3.22. The van der Waals surface area contributed by atoms with Crippen LogP contribution in [0.3, 0.4) is 0 Å². The monoisotopic (exact) mass is 335 g/mol. The number of nitrogens with one attached hydrogen (secondary N) is 2. The Morgan fingerprint density at radius 1 is 1.57 bits per heavy atom. The van der Waals surface area contributed by atoms with Crippen molar-refractivity contribution in [1.29, 1.82) is 0 Å². The molecule has 1 atom stereocenters. The van der Waals surface area contributed by atoms with Crippen LogP contribution < -0.4 is 10.6 Å². The van der Waals surface area contributed by atoms with Crippen LogP contribution in [0.5, 0.6) is 0 Å². The van der Waals surface area contributed by atoms with Gasteiger partial charge in [-0.15, -0.1) is 6.58 Å². The number of anilines is 1. The minimum Gasteiger partial charge on any atom is -0.466 e. The molecule has 0 aliphatic heterocycles. The first kappa shape index (κ1) is 17.2. The molecule has 0 aliphatic carbocycles. The van der Waals surface area contributed by atoms with E-state index in [0.29, 0.717) is 27.9 Å². The molecule has 0 saturated heterocycles. The lowest BCUT2D eigenvalue weighted by Gasteiger charge is -2.23. The summed E-state index contributed by atoms with van der Waals surface area (Å²) < 4.78 is 5.44. The zero-order chi connectivity index (χ0) is 17.0. The lowest BCUT2D eigenvalue weighted by molar-refractivity contribution is 0.0515. The molecule has 124 valence electrons. The molecule has 0 fully saturated rings. The molecule has 3 N–H and O–H groups in total. The Hall–Kier alpha value is -2.12. The van der Waals surface area contributed by atoms with E-state index in [-0.39, 0.29) is 12.5 Å². The molecule has 2 aromatic heterocycles. The SMILES string of the molecule is C=CCNc1ncc(C(=O)NCC(C)(O)c2cc(C)oc2C)s1. The maximum Gasteiger partial charge on any atom is 0.263 e. The van der Waals surface area contributed by atoms with Gasteiger partial charge in [0.15, 0.2) is 5.13 Å². The molecule has 2 heterocycles. The van der Waals surface area contributed by atoms with E-state index in [1.807, 2.05) is 6.92 Å². The van der Waals surface area contributed by atoms with Gasteiger partial charge in [0.1, 0.15) is 22.0 Å². The number of nitrogens with zero attached hydrogens (tertiary/aromatic N) is 1. The number of aliphatic hydroxyl groups is 1. The summed E-state index contributed by atoms with van der Waals surface area (Å²) in [4.78, 5) is 16.8. The van der Waals surface area contributed by atoms with E-state index in [9.17, 15) is 9.90 Å². The highest BCUT2D eigenvalue weighted by molar-refractivity contribution is 7.17. The molecule has 23 heavy (non-hydrogen) atoms. The molecule has 0 aromatic carbocycles. The van der Waals surface area contributed by atoms with Gasteiger partial charge in [0.2, 0.25) is 0 Å². The first-order chi connectivity index (χ1) is 10.8. The largest absolute Gasteiger partial charge is 0.466 e. The van der Waals surface area contributed by atoms with Crippen LogP contribution in [0, 0.1) is 13.8 Å². The van der Waals surface area contributed by atoms with Gasteiger partial charge < -0.3 is 20.2 Å². The number of hydrogen-bond donors (Lipinski definition) is 3. The van der Waals surface area contributed by atoms with Crippen molar-refractivity contribution in [2.24, 2.45) is 0 Å². The Bertz CT molecular complexity index is 703. The van der Waals surface area contributed by atoms with Crippen molar-refractivity contribution in [1.82, 2.24) is 10.3 Å². The maximum atomic E-state index is 12.2. The van der Waals surface area contributed by atoms with Gasteiger partial charge in [0.25, 0.3) is 5.91 Å². The predicted molar refractivity (Wildman–Crippen MR) is 90.9 cm³/mol. The Morgan fingerprint density at radius 2 is 2.30 bits per heavy atom. The summed E-state index contributed by atoms with van der Waals surface area (Å²) in [6.45, 7) is 9.54. The first-order valence-corrected chi connectivity index (χ1v) is 8.04. The van der Waals surface area contributed by atoms with Crippen molar-refractivity contribution in [3.8, 4) is 0 Å². The normalized spacial score (nSPS) is 13.4. The molecule has 2 rings (SSSR count). The third-order valence-corrected chi connectivity index (χ3v) is 4.30. The smallest absolute Gasteiger partial charge is 0.263 e. The molecule has 0 bridgehead atoms. The zero-order valence-electron chi connectivity index (χ0n) is 13.5. The van der Waals surface area contributed by atoms with Gasteiger partial charge in [-0.2, -0.15) is 0 Å². The third-order valence-electron chi connectivity index (χ3n) is 3.34. The fraction of sp³-hybridized carbons (Fsp3) is 0.375. The van der Waals surface area contributed by atoms with Crippen LogP contribution in [0.15, 0.2) is 29.3 Å². The molecular weight excluding hydrogens is 314 g/mol. The Morgan fingerprint density at radius 3 is 2.91 bits per heavy atom. The molecule has 1 amide bonds. The van der Waals surface area contributed by atoms with Crippen LogP contribution in [-0.4, -0.2) is 29.1 Å². The lowest BCUT2D eigenvalue weighted by Crippen LogP contribution is -2.38. The average molecular weight is 335 g/mol. The van der Waals surface area contributed by atoms with E-state index in [4.69, 9.17) is 4.42 Å². The Kier molecular flexibility index (Phi) is 5.23. The number of amides is 1. The molecule has 2 aromatic rings. The van der Waals surface area contributed by atoms with E-state index in [2.05, 4.69) is 22.2 Å². The number of hydrogen-bond acceptors (Lipinski definition) is 6. The Labute approximate surface area is 139 Å². The summed E-state index contributed by atoms with van der Waals surface area (Å²) in [6, 6.07) is 1.78. The number of carbonyl (C=O) groups excluding carboxylic acids is 1. The van der Waals surface area contributed by atoms with Gasteiger partial charge in [-0.05, 0) is 26.8 Å². The first-order valence-electron chi connectivity index (χ1n) is 7.22. The highest BCUT2D eigenvalue weighted by Crippen LogP contribution is 2.26. The number of carbonyl (C=O) groups is 1. The molecular formula is C16H21N3O3S. The van der Waals surface area contributed by atoms with Gasteiger partial charge in [-0.1, -0.05) is 17.4 Å². The van der Waals surface area contributed by atoms with Crippen LogP contribution in [0.2, 0.25) is 0 Å². The van der Waals surface area contributed by atoms with Crippen LogP contribution in [0.4, 0.5) is 5.13 Å². The van der Waals surface area contributed by atoms with Crippen LogP contribution in [-0.2, 0) is 5.60 Å². The highest BCUT2D eigenvalue weighted by Gasteiger charge is 2.28. The van der Waals surface area contributed by atoms with Crippen molar-refractivity contribution in [3.05, 3.63) is 46.9 Å². The minimum absolute atomic E-state index is 0.0823. The highest BCUT2D eigenvalue weighted by atomic mass is 32.1. The fourth-order valence-corrected chi connectivity index (χ4v) is 2.96. The Balaban J connectivity index is 1.99. The standard InChI is InChI=1S/C16H21N3O3S/c1-5-6-17-15-18-8-13(23-15)14(20)19-9-16(4,21)12-7-10(2)22-11(12)3/h5,7-8,21H,1,6,9H2,2-4H3,(H,17,18)(H,19,20). The molecule has 0 radical (unpaired) electrons. The second-order valence-corrected chi connectivity index (χ2v) is 6.51. The van der Waals surface area contributed by atoms with Crippen molar-refractivity contribution < 1.29 is 14.3 Å². The molecule has 0 aliphatic rings. The van der Waals surface area contributed by atoms with Crippen LogP contribution in [0.25, 0.3) is 0 Å². The number of aryl methyl sites for hydroxylation is 2. The van der Waals surface area contributed by atoms with Crippen molar-refractivity contribution in [2.75, 3.05) is 18.4 Å². The van der Waals surface area contributed by atoms with E-state index in [1.54, 1.807) is 26.0 Å². The van der Waals surface area contributed by atoms with Gasteiger partial charge in [-0.25, -0.2) is 4.98 Å². The zero-order valence-corrected chi connectivity index (χ0v) is 14.3. The van der Waals surface area contributed by atoms with E-state index in [0.717, 1.165) is 5.76 Å². The van der Waals surface area contributed by atoms with Gasteiger partial charge in [0.05, 0.1) is 12.7 Å². The molecule has 0 saturated carbocycles. The van der Waals surface area contributed by atoms with E-state index < -0.39 is 5.60 Å². The number of rotatable bonds is 7. The fourth-order valence-electron chi connectivity index (χ4n) is 2.22. The number of furan rings is 1. The van der Waals surface area contributed by atoms with Crippen LogP contribution >= 0.6 is 11.3 Å². The molecule has 6 nitrogen and oxygen atoms in total. The van der Waals surface area contributed by atoms with Gasteiger partial charge in [0, 0.05) is 12.1 Å². The van der Waals surface area contributed by atoms with Crippen molar-refractivity contribution in [2.45, 2.75) is 26.4 Å². The molecule has 1 unspecified atom stereocenters. The topological polar surface area (TPSA) is 87.4 Å². The van der Waals surface area contributed by atoms with Crippen molar-refractivity contribution in [3.63, 3.8) is 0 Å². The predicted octanol–water partition coefficient (Wildman–Crippen LogP) is 2.59. The van der Waals surface area contributed by atoms with E-state index in [1.165, 1.54) is 17.5 Å². The minimum atomic E-state index is -1.20. The number of aromatic nitrogens is 1. The summed E-state index contributed by atoms with van der Waals surface area (Å²) in [5.74, 6) is 1.10. The summed E-state index contributed by atoms with van der Waals surface area (Å²) in [5, 5.41) is 17.0. The summed E-state index contributed by atoms with van der Waals surface area (Å²) in [5.41, 5.74) is -0.528. The third kappa shape index (κ3) is 4.20. The summed E-state index contributed by atoms with van der Waals surface area (Å²) >= 11 is 1.25. The van der Waals surface area contributed by atoms with Gasteiger partial charge >= 0.3 is 0 Å². The molecule has 7 heteroatoms.